The van der Waals surface area contributed by atoms with Crippen LogP contribution in [0.2, 0.25) is 0 Å². The fraction of sp³-hybridized carbons (Fsp3) is 0.0938. The zero-order valence-electron chi connectivity index (χ0n) is 21.2. The van der Waals surface area contributed by atoms with E-state index >= 15 is 0 Å². The summed E-state index contributed by atoms with van der Waals surface area (Å²) in [6, 6.07) is 37.3. The first-order chi connectivity index (χ1) is 18.7. The summed E-state index contributed by atoms with van der Waals surface area (Å²) in [5.41, 5.74) is 8.28. The van der Waals surface area contributed by atoms with Crippen molar-refractivity contribution in [2.45, 2.75) is 19.9 Å². The highest BCUT2D eigenvalue weighted by atomic mass is 15.4. The van der Waals surface area contributed by atoms with Gasteiger partial charge in [-0.1, -0.05) is 78.4 Å². The second-order valence-electron chi connectivity index (χ2n) is 9.63. The van der Waals surface area contributed by atoms with Crippen molar-refractivity contribution in [1.82, 2.24) is 9.78 Å². The third kappa shape index (κ3) is 3.61. The van der Waals surface area contributed by atoms with Crippen molar-refractivity contribution in [3.63, 3.8) is 0 Å². The molecule has 0 saturated heterocycles. The summed E-state index contributed by atoms with van der Waals surface area (Å²) in [5.74, 6) is 2.30. The lowest BCUT2D eigenvalue weighted by Crippen LogP contribution is -2.46. The molecule has 1 atom stereocenters. The van der Waals surface area contributed by atoms with Crippen LogP contribution in [0, 0.1) is 13.8 Å². The molecule has 5 aromatic rings. The normalized spacial score (nSPS) is 15.6. The van der Waals surface area contributed by atoms with Crippen molar-refractivity contribution in [3.8, 4) is 5.69 Å². The molecular formula is C32H26N6. The molecule has 0 saturated carbocycles. The number of nitrogens with one attached hydrogen (secondary N) is 1. The first-order valence-corrected chi connectivity index (χ1v) is 12.8. The van der Waals surface area contributed by atoms with Crippen molar-refractivity contribution >= 4 is 34.6 Å². The standard InChI is InChI=1S/C32H26N6/c1-21-17-19-24(20-18-21)33-30-32-35-31-28(22(2)36-38(31)25-13-7-4-8-14-25)29(23-11-5-3-6-12-23)37(32)27-16-10-9-15-26(27)34-30/h3-20,29H,1-2H3,(H,33,34)/t29-/m0/s1. The van der Waals surface area contributed by atoms with Crippen molar-refractivity contribution < 1.29 is 0 Å². The fourth-order valence-electron chi connectivity index (χ4n) is 5.27. The van der Waals surface area contributed by atoms with E-state index in [1.165, 1.54) is 11.1 Å². The van der Waals surface area contributed by atoms with Crippen LogP contribution in [0.3, 0.4) is 0 Å². The summed E-state index contributed by atoms with van der Waals surface area (Å²) in [6.45, 7) is 4.16. The molecule has 0 fully saturated rings. The number of hydrogen-bond donors (Lipinski definition) is 1. The lowest BCUT2D eigenvalue weighted by Gasteiger charge is -2.40. The molecule has 6 heteroatoms. The summed E-state index contributed by atoms with van der Waals surface area (Å²) in [7, 11) is 0. The smallest absolute Gasteiger partial charge is 0.179 e. The fourth-order valence-corrected chi connectivity index (χ4v) is 5.27. The molecule has 2 aliphatic heterocycles. The van der Waals surface area contributed by atoms with Gasteiger partial charge in [0.25, 0.3) is 0 Å². The van der Waals surface area contributed by atoms with Crippen LogP contribution in [-0.4, -0.2) is 21.5 Å². The molecule has 0 amide bonds. The molecular weight excluding hydrogens is 468 g/mol. The van der Waals surface area contributed by atoms with E-state index < -0.39 is 0 Å². The number of amidine groups is 2. The zero-order chi connectivity index (χ0) is 25.6. The maximum Gasteiger partial charge on any atom is 0.179 e. The Morgan fingerprint density at radius 2 is 1.39 bits per heavy atom. The molecule has 6 nitrogen and oxygen atoms in total. The SMILES string of the molecule is Cc1ccc(NC2=Nc3ccccc3N3C2=Nc2c(c(C)nn2-c2ccccc2)[C@@H]3c2ccccc2)cc1. The highest BCUT2D eigenvalue weighted by Gasteiger charge is 2.41. The van der Waals surface area contributed by atoms with Crippen molar-refractivity contribution in [2.75, 3.05) is 10.2 Å². The highest BCUT2D eigenvalue weighted by Crippen LogP contribution is 2.48. The van der Waals surface area contributed by atoms with Crippen LogP contribution in [0.15, 0.2) is 119 Å². The number of aryl methyl sites for hydroxylation is 2. The minimum atomic E-state index is -0.123. The highest BCUT2D eigenvalue weighted by molar-refractivity contribution is 6.51. The van der Waals surface area contributed by atoms with Gasteiger partial charge in [-0.2, -0.15) is 5.10 Å². The van der Waals surface area contributed by atoms with Gasteiger partial charge in [0, 0.05) is 11.3 Å². The summed E-state index contributed by atoms with van der Waals surface area (Å²) >= 11 is 0. The van der Waals surface area contributed by atoms with Gasteiger partial charge in [-0.25, -0.2) is 14.7 Å². The molecule has 7 rings (SSSR count). The van der Waals surface area contributed by atoms with E-state index in [1.807, 2.05) is 28.9 Å². The Morgan fingerprint density at radius 3 is 2.16 bits per heavy atom. The first-order valence-electron chi connectivity index (χ1n) is 12.8. The minimum Gasteiger partial charge on any atom is -0.337 e. The van der Waals surface area contributed by atoms with Gasteiger partial charge >= 0.3 is 0 Å². The summed E-state index contributed by atoms with van der Waals surface area (Å²) in [5, 5.41) is 8.56. The van der Waals surface area contributed by atoms with E-state index in [1.54, 1.807) is 0 Å². The Hall–Kier alpha value is -4.97. The van der Waals surface area contributed by atoms with Gasteiger partial charge in [0.05, 0.1) is 28.8 Å². The maximum atomic E-state index is 5.28. The van der Waals surface area contributed by atoms with Crippen molar-refractivity contribution in [2.24, 2.45) is 9.98 Å². The Morgan fingerprint density at radius 1 is 0.711 bits per heavy atom. The molecule has 0 aliphatic carbocycles. The van der Waals surface area contributed by atoms with Gasteiger partial charge < -0.3 is 10.2 Å². The third-order valence-electron chi connectivity index (χ3n) is 7.07. The van der Waals surface area contributed by atoms with E-state index in [0.717, 1.165) is 45.7 Å². The number of nitrogens with zero attached hydrogens (tertiary/aromatic N) is 5. The van der Waals surface area contributed by atoms with Gasteiger partial charge in [-0.15, -0.1) is 0 Å². The minimum absolute atomic E-state index is 0.123. The summed E-state index contributed by atoms with van der Waals surface area (Å²) < 4.78 is 1.95. The predicted molar refractivity (Wildman–Crippen MR) is 154 cm³/mol. The predicted octanol–water partition coefficient (Wildman–Crippen LogP) is 7.28. The van der Waals surface area contributed by atoms with E-state index in [-0.39, 0.29) is 6.04 Å². The Labute approximate surface area is 221 Å². The molecule has 0 unspecified atom stereocenters. The average Bonchev–Trinajstić information content (AvgIpc) is 3.30. The molecule has 3 heterocycles. The number of fused-ring (bicyclic) bond motifs is 4. The molecule has 2 aliphatic rings. The van der Waals surface area contributed by atoms with Gasteiger partial charge in [-0.05, 0) is 55.8 Å². The zero-order valence-corrected chi connectivity index (χ0v) is 21.2. The van der Waals surface area contributed by atoms with Crippen LogP contribution in [0.25, 0.3) is 5.69 Å². The van der Waals surface area contributed by atoms with Crippen molar-refractivity contribution in [1.29, 1.82) is 0 Å². The summed E-state index contributed by atoms with van der Waals surface area (Å²) in [4.78, 5) is 12.7. The van der Waals surface area contributed by atoms with Crippen LogP contribution >= 0.6 is 0 Å². The van der Waals surface area contributed by atoms with Crippen LogP contribution in [-0.2, 0) is 0 Å². The Kier molecular flexibility index (Phi) is 5.18. The number of para-hydroxylation sites is 3. The number of aromatic nitrogens is 2. The number of benzene rings is 4. The average molecular weight is 495 g/mol. The third-order valence-corrected chi connectivity index (χ3v) is 7.07. The topological polar surface area (TPSA) is 57.8 Å². The molecule has 4 aromatic carbocycles. The molecule has 1 aromatic heterocycles. The molecule has 0 radical (unpaired) electrons. The number of aliphatic imine (C=N–C) groups is 2. The van der Waals surface area contributed by atoms with E-state index in [4.69, 9.17) is 15.1 Å². The van der Waals surface area contributed by atoms with Gasteiger partial charge in [-0.3, -0.25) is 0 Å². The van der Waals surface area contributed by atoms with Crippen LogP contribution < -0.4 is 10.2 Å². The van der Waals surface area contributed by atoms with E-state index in [2.05, 4.69) is 109 Å². The van der Waals surface area contributed by atoms with Crippen LogP contribution in [0.4, 0.5) is 22.9 Å². The molecule has 184 valence electrons. The molecule has 38 heavy (non-hydrogen) atoms. The quantitative estimate of drug-likeness (QED) is 0.287. The summed E-state index contributed by atoms with van der Waals surface area (Å²) in [6.07, 6.45) is 0. The maximum absolute atomic E-state index is 5.28. The number of rotatable bonds is 3. The van der Waals surface area contributed by atoms with E-state index in [9.17, 15) is 0 Å². The van der Waals surface area contributed by atoms with Gasteiger partial charge in [0.2, 0.25) is 0 Å². The van der Waals surface area contributed by atoms with Gasteiger partial charge in [0.1, 0.15) is 0 Å². The van der Waals surface area contributed by atoms with Crippen LogP contribution in [0.5, 0.6) is 0 Å². The largest absolute Gasteiger partial charge is 0.337 e. The van der Waals surface area contributed by atoms with Gasteiger partial charge in [0.15, 0.2) is 17.5 Å². The first kappa shape index (κ1) is 22.2. The lowest BCUT2D eigenvalue weighted by molar-refractivity contribution is 0.815. The monoisotopic (exact) mass is 494 g/mol. The van der Waals surface area contributed by atoms with Crippen LogP contribution in [0.1, 0.15) is 28.4 Å². The second kappa shape index (κ2) is 8.85. The molecule has 0 spiro atoms. The number of hydrogen-bond acceptors (Lipinski definition) is 5. The van der Waals surface area contributed by atoms with Crippen molar-refractivity contribution in [3.05, 3.63) is 132 Å². The lowest BCUT2D eigenvalue weighted by atomic mass is 9.93. The Balaban J connectivity index is 1.49. The molecule has 1 N–H and O–H groups in total. The van der Waals surface area contributed by atoms with E-state index in [0.29, 0.717) is 5.84 Å². The molecule has 0 bridgehead atoms. The number of anilines is 2. The second-order valence-corrected chi connectivity index (χ2v) is 9.63. The Bertz CT molecular complexity index is 1700.